The first-order chi connectivity index (χ1) is 7.82. The molecule has 0 saturated carbocycles. The van der Waals surface area contributed by atoms with Gasteiger partial charge in [0.05, 0.1) is 5.56 Å². The van der Waals surface area contributed by atoms with Crippen molar-refractivity contribution in [3.05, 3.63) is 28.6 Å². The van der Waals surface area contributed by atoms with Crippen LogP contribution in [0.2, 0.25) is 0 Å². The van der Waals surface area contributed by atoms with Crippen LogP contribution >= 0.6 is 0 Å². The van der Waals surface area contributed by atoms with Crippen molar-refractivity contribution in [3.8, 4) is 0 Å². The Morgan fingerprint density at radius 2 is 2.00 bits per heavy atom. The summed E-state index contributed by atoms with van der Waals surface area (Å²) in [5.41, 5.74) is 0.823. The Kier molecular flexibility index (Phi) is 3.76. The highest BCUT2D eigenvalue weighted by Crippen LogP contribution is 2.38. The predicted octanol–water partition coefficient (Wildman–Crippen LogP) is 2.31. The minimum atomic E-state index is -5.08. The molecule has 0 unspecified atom stereocenters. The minimum absolute atomic E-state index is 0.140. The van der Waals surface area contributed by atoms with E-state index in [1.165, 1.54) is 0 Å². The van der Waals surface area contributed by atoms with E-state index in [4.69, 9.17) is 5.73 Å². The lowest BCUT2D eigenvalue weighted by Crippen LogP contribution is -2.18. The highest BCUT2D eigenvalue weighted by atomic mass is 19.4. The smallest absolute Gasteiger partial charge is 0.326 e. The first-order valence-corrected chi connectivity index (χ1v) is 4.35. The number of hydrogen-bond donors (Lipinski definition) is 1. The summed E-state index contributed by atoms with van der Waals surface area (Å²) in [4.78, 5) is 13.6. The van der Waals surface area contributed by atoms with Crippen molar-refractivity contribution >= 4 is 6.29 Å². The molecular formula is C9H7F5N2O. The van der Waals surface area contributed by atoms with Crippen LogP contribution < -0.4 is 5.73 Å². The van der Waals surface area contributed by atoms with Gasteiger partial charge in [-0.3, -0.25) is 9.78 Å². The van der Waals surface area contributed by atoms with Gasteiger partial charge in [-0.05, 0) is 5.56 Å². The number of pyridine rings is 1. The average molecular weight is 254 g/mol. The molecule has 0 aromatic carbocycles. The van der Waals surface area contributed by atoms with E-state index in [1.54, 1.807) is 0 Å². The zero-order valence-electron chi connectivity index (χ0n) is 8.26. The molecule has 3 nitrogen and oxygen atoms in total. The molecule has 0 aliphatic heterocycles. The third kappa shape index (κ3) is 2.57. The Balaban J connectivity index is 3.62. The van der Waals surface area contributed by atoms with E-state index >= 15 is 0 Å². The maximum Gasteiger partial charge on any atom is 0.419 e. The van der Waals surface area contributed by atoms with Crippen LogP contribution in [0.25, 0.3) is 0 Å². The van der Waals surface area contributed by atoms with Gasteiger partial charge in [0.1, 0.15) is 5.69 Å². The number of hydrogen-bond acceptors (Lipinski definition) is 3. The van der Waals surface area contributed by atoms with E-state index in [0.717, 1.165) is 6.20 Å². The number of aldehydes is 1. The van der Waals surface area contributed by atoms with Crippen LogP contribution in [-0.4, -0.2) is 11.3 Å². The summed E-state index contributed by atoms with van der Waals surface area (Å²) in [6.07, 6.45) is -7.89. The standard InChI is InChI=1S/C9H7F5N2O/c10-8(11)7-6(9(12,13)14)5(3-17)4(1-15)2-16-7/h2-3,8H,1,15H2. The molecule has 0 radical (unpaired) electrons. The van der Waals surface area contributed by atoms with Crippen LogP contribution in [0.1, 0.15) is 33.6 Å². The fourth-order valence-corrected chi connectivity index (χ4v) is 1.34. The lowest BCUT2D eigenvalue weighted by molar-refractivity contribution is -0.140. The minimum Gasteiger partial charge on any atom is -0.326 e. The van der Waals surface area contributed by atoms with Crippen molar-refractivity contribution in [1.29, 1.82) is 0 Å². The van der Waals surface area contributed by atoms with Crippen LogP contribution in [0.3, 0.4) is 0 Å². The van der Waals surface area contributed by atoms with Crippen molar-refractivity contribution in [2.45, 2.75) is 19.1 Å². The molecule has 0 amide bonds. The zero-order chi connectivity index (χ0) is 13.2. The van der Waals surface area contributed by atoms with Crippen molar-refractivity contribution in [2.24, 2.45) is 5.73 Å². The van der Waals surface area contributed by atoms with Gasteiger partial charge in [-0.15, -0.1) is 0 Å². The number of nitrogens with zero attached hydrogens (tertiary/aromatic N) is 1. The molecule has 0 atom stereocenters. The molecule has 1 aromatic heterocycles. The topological polar surface area (TPSA) is 56.0 Å². The number of alkyl halides is 5. The lowest BCUT2D eigenvalue weighted by atomic mass is 10.0. The number of rotatable bonds is 3. The zero-order valence-corrected chi connectivity index (χ0v) is 8.26. The van der Waals surface area contributed by atoms with Gasteiger partial charge in [0, 0.05) is 18.3 Å². The Bertz CT molecular complexity index is 430. The van der Waals surface area contributed by atoms with Crippen molar-refractivity contribution < 1.29 is 26.7 Å². The molecule has 17 heavy (non-hydrogen) atoms. The number of nitrogens with two attached hydrogens (primary N) is 1. The monoisotopic (exact) mass is 254 g/mol. The third-order valence-electron chi connectivity index (χ3n) is 2.06. The summed E-state index contributed by atoms with van der Waals surface area (Å²) in [5, 5.41) is 0. The van der Waals surface area contributed by atoms with E-state index in [0.29, 0.717) is 0 Å². The predicted molar refractivity (Wildman–Crippen MR) is 47.5 cm³/mol. The summed E-state index contributed by atoms with van der Waals surface area (Å²) < 4.78 is 62.6. The highest BCUT2D eigenvalue weighted by molar-refractivity contribution is 5.80. The van der Waals surface area contributed by atoms with Crippen LogP contribution in [0, 0.1) is 0 Å². The van der Waals surface area contributed by atoms with Gasteiger partial charge in [0.15, 0.2) is 6.29 Å². The fourth-order valence-electron chi connectivity index (χ4n) is 1.34. The van der Waals surface area contributed by atoms with Gasteiger partial charge < -0.3 is 5.73 Å². The van der Waals surface area contributed by atoms with E-state index in [9.17, 15) is 26.7 Å². The summed E-state index contributed by atoms with van der Waals surface area (Å²) >= 11 is 0. The molecule has 1 heterocycles. The molecular weight excluding hydrogens is 247 g/mol. The maximum absolute atomic E-state index is 12.6. The second kappa shape index (κ2) is 4.74. The van der Waals surface area contributed by atoms with Gasteiger partial charge in [-0.25, -0.2) is 8.78 Å². The van der Waals surface area contributed by atoms with Gasteiger partial charge in [-0.1, -0.05) is 0 Å². The largest absolute Gasteiger partial charge is 0.419 e. The fraction of sp³-hybridized carbons (Fsp3) is 0.333. The Labute approximate surface area is 92.4 Å². The second-order valence-electron chi connectivity index (χ2n) is 3.08. The molecule has 94 valence electrons. The Hall–Kier alpha value is -1.57. The number of aromatic nitrogens is 1. The molecule has 0 aliphatic rings. The molecule has 0 saturated heterocycles. The number of halogens is 5. The van der Waals surface area contributed by atoms with Crippen LogP contribution in [0.4, 0.5) is 22.0 Å². The maximum atomic E-state index is 12.6. The Morgan fingerprint density at radius 3 is 2.35 bits per heavy atom. The second-order valence-corrected chi connectivity index (χ2v) is 3.08. The summed E-state index contributed by atoms with van der Waals surface area (Å²) in [5.74, 6) is 0. The third-order valence-corrected chi connectivity index (χ3v) is 2.06. The van der Waals surface area contributed by atoms with E-state index in [-0.39, 0.29) is 11.8 Å². The molecule has 1 rings (SSSR count). The lowest BCUT2D eigenvalue weighted by Gasteiger charge is -2.15. The quantitative estimate of drug-likeness (QED) is 0.665. The van der Waals surface area contributed by atoms with Crippen molar-refractivity contribution in [1.82, 2.24) is 4.98 Å². The molecule has 8 heteroatoms. The first kappa shape index (κ1) is 13.5. The van der Waals surface area contributed by atoms with Crippen LogP contribution in [0.15, 0.2) is 6.20 Å². The molecule has 2 N–H and O–H groups in total. The van der Waals surface area contributed by atoms with Gasteiger partial charge in [0.25, 0.3) is 6.43 Å². The first-order valence-electron chi connectivity index (χ1n) is 4.35. The molecule has 0 bridgehead atoms. The van der Waals surface area contributed by atoms with Gasteiger partial charge >= 0.3 is 6.18 Å². The van der Waals surface area contributed by atoms with Crippen molar-refractivity contribution in [3.63, 3.8) is 0 Å². The SMILES string of the molecule is NCc1cnc(C(F)F)c(C(F)(F)F)c1C=O. The summed E-state index contributed by atoms with van der Waals surface area (Å²) in [7, 11) is 0. The van der Waals surface area contributed by atoms with Crippen LogP contribution in [0.5, 0.6) is 0 Å². The van der Waals surface area contributed by atoms with Crippen LogP contribution in [-0.2, 0) is 12.7 Å². The van der Waals surface area contributed by atoms with E-state index in [1.807, 2.05) is 0 Å². The van der Waals surface area contributed by atoms with E-state index in [2.05, 4.69) is 4.98 Å². The highest BCUT2D eigenvalue weighted by Gasteiger charge is 2.40. The molecule has 1 aromatic rings. The van der Waals surface area contributed by atoms with E-state index < -0.39 is 36.0 Å². The summed E-state index contributed by atoms with van der Waals surface area (Å²) in [6, 6.07) is 0. The Morgan fingerprint density at radius 1 is 1.41 bits per heavy atom. The number of carbonyl (C=O) groups is 1. The average Bonchev–Trinajstić information content (AvgIpc) is 2.25. The van der Waals surface area contributed by atoms with Crippen molar-refractivity contribution in [2.75, 3.05) is 0 Å². The molecule has 0 fully saturated rings. The van der Waals surface area contributed by atoms with Gasteiger partial charge in [0.2, 0.25) is 0 Å². The molecule has 0 spiro atoms. The number of carbonyl (C=O) groups excluding carboxylic acids is 1. The normalized spacial score (nSPS) is 11.9. The van der Waals surface area contributed by atoms with Gasteiger partial charge in [-0.2, -0.15) is 13.2 Å². The summed E-state index contributed by atoms with van der Waals surface area (Å²) in [6.45, 7) is -0.395. The molecule has 0 aliphatic carbocycles.